The Labute approximate surface area is 133 Å². The summed E-state index contributed by atoms with van der Waals surface area (Å²) in [4.78, 5) is -0.0109. The van der Waals surface area contributed by atoms with Gasteiger partial charge in [-0.05, 0) is 18.2 Å². The van der Waals surface area contributed by atoms with Crippen LogP contribution in [0.15, 0.2) is 57.9 Å². The maximum absolute atomic E-state index is 12.8. The van der Waals surface area contributed by atoms with Crippen LogP contribution >= 0.6 is 11.6 Å². The van der Waals surface area contributed by atoms with E-state index in [2.05, 4.69) is 0 Å². The summed E-state index contributed by atoms with van der Waals surface area (Å²) >= 11 is 6.20. The molecule has 2 rings (SSSR count). The predicted octanol–water partition coefficient (Wildman–Crippen LogP) is 2.80. The van der Waals surface area contributed by atoms with E-state index in [1.165, 1.54) is 31.4 Å². The number of halogens is 1. The van der Waals surface area contributed by atoms with Crippen molar-refractivity contribution >= 4 is 27.1 Å². The Morgan fingerprint density at radius 3 is 2.59 bits per heavy atom. The summed E-state index contributed by atoms with van der Waals surface area (Å²) in [5.74, 6) is 0. The lowest BCUT2D eigenvalue weighted by Crippen LogP contribution is -2.28. The molecule has 1 aromatic carbocycles. The molecule has 0 fully saturated rings. The molecule has 1 N–H and O–H groups in total. The molecular formula is C15H13ClN2O3S. The van der Waals surface area contributed by atoms with Crippen LogP contribution in [0.2, 0.25) is 0 Å². The lowest BCUT2D eigenvalue weighted by atomic mass is 10.0. The summed E-state index contributed by atoms with van der Waals surface area (Å²) in [5.41, 5.74) is -0.389. The highest BCUT2D eigenvalue weighted by Crippen LogP contribution is 2.38. The highest BCUT2D eigenvalue weighted by atomic mass is 35.5. The highest BCUT2D eigenvalue weighted by Gasteiger charge is 2.37. The van der Waals surface area contributed by atoms with Gasteiger partial charge in [-0.25, -0.2) is 8.42 Å². The number of methoxy groups -OCH3 is 1. The molecule has 0 saturated heterocycles. The zero-order valence-electron chi connectivity index (χ0n) is 11.7. The monoisotopic (exact) mass is 336 g/mol. The van der Waals surface area contributed by atoms with Crippen LogP contribution in [0.1, 0.15) is 6.42 Å². The molecule has 5 nitrogen and oxygen atoms in total. The standard InChI is InChI=1S/C15H13ClN2O3S/c1-21-15(16)8-7-12(13(18)10-17)14(9-15)22(19,20)11-5-3-2-4-6-11/h2-8,18H,9H2,1H3. The van der Waals surface area contributed by atoms with Gasteiger partial charge < -0.3 is 4.74 Å². The van der Waals surface area contributed by atoms with Crippen molar-refractivity contribution < 1.29 is 13.2 Å². The van der Waals surface area contributed by atoms with Crippen LogP contribution < -0.4 is 0 Å². The van der Waals surface area contributed by atoms with Gasteiger partial charge in [-0.3, -0.25) is 5.41 Å². The third-order valence-electron chi connectivity index (χ3n) is 3.30. The lowest BCUT2D eigenvalue weighted by molar-refractivity contribution is 0.105. The number of ether oxygens (including phenoxy) is 1. The summed E-state index contributed by atoms with van der Waals surface area (Å²) in [5, 5.41) is 15.3. The van der Waals surface area contributed by atoms with Gasteiger partial charge in [-0.1, -0.05) is 35.9 Å². The number of nitrogens with one attached hydrogen (secondary N) is 1. The second-order valence-electron chi connectivity index (χ2n) is 4.64. The lowest BCUT2D eigenvalue weighted by Gasteiger charge is -2.27. The molecule has 22 heavy (non-hydrogen) atoms. The van der Waals surface area contributed by atoms with E-state index in [0.29, 0.717) is 0 Å². The summed E-state index contributed by atoms with van der Waals surface area (Å²) in [7, 11) is -2.51. The molecule has 0 aliphatic heterocycles. The van der Waals surface area contributed by atoms with E-state index in [-0.39, 0.29) is 21.8 Å². The smallest absolute Gasteiger partial charge is 0.203 e. The Bertz CT molecular complexity index is 807. The molecule has 0 spiro atoms. The first-order chi connectivity index (χ1) is 10.3. The average Bonchev–Trinajstić information content (AvgIpc) is 2.55. The molecule has 0 saturated carbocycles. The Balaban J connectivity index is 2.65. The third-order valence-corrected chi connectivity index (χ3v) is 5.62. The molecule has 1 unspecified atom stereocenters. The van der Waals surface area contributed by atoms with E-state index in [0.717, 1.165) is 0 Å². The summed E-state index contributed by atoms with van der Waals surface area (Å²) in [6.07, 6.45) is 2.64. The Morgan fingerprint density at radius 2 is 2.05 bits per heavy atom. The van der Waals surface area contributed by atoms with Crippen LogP contribution in [-0.4, -0.2) is 26.3 Å². The Kier molecular flexibility index (Phi) is 4.52. The van der Waals surface area contributed by atoms with Crippen molar-refractivity contribution in [1.29, 1.82) is 10.7 Å². The van der Waals surface area contributed by atoms with Gasteiger partial charge in [0.25, 0.3) is 0 Å². The molecule has 1 aromatic rings. The maximum Gasteiger partial charge on any atom is 0.203 e. The molecule has 0 bridgehead atoms. The van der Waals surface area contributed by atoms with Gasteiger partial charge in [0.2, 0.25) is 9.84 Å². The normalized spacial score (nSPS) is 21.5. The number of hydrogen-bond acceptors (Lipinski definition) is 5. The number of allylic oxidation sites excluding steroid dienone is 2. The van der Waals surface area contributed by atoms with Gasteiger partial charge in [0.05, 0.1) is 9.80 Å². The topological polar surface area (TPSA) is 91.0 Å². The molecule has 0 radical (unpaired) electrons. The van der Waals surface area contributed by atoms with Crippen LogP contribution in [0.4, 0.5) is 0 Å². The molecule has 7 heteroatoms. The molecular weight excluding hydrogens is 324 g/mol. The number of hydrogen-bond donors (Lipinski definition) is 1. The van der Waals surface area contributed by atoms with E-state index in [1.54, 1.807) is 24.3 Å². The zero-order valence-corrected chi connectivity index (χ0v) is 13.3. The van der Waals surface area contributed by atoms with Crippen molar-refractivity contribution in [2.24, 2.45) is 0 Å². The maximum atomic E-state index is 12.8. The van der Waals surface area contributed by atoms with Gasteiger partial charge in [-0.2, -0.15) is 5.26 Å². The van der Waals surface area contributed by atoms with Crippen molar-refractivity contribution in [3.63, 3.8) is 0 Å². The molecule has 1 aliphatic carbocycles. The first kappa shape index (κ1) is 16.4. The van der Waals surface area contributed by atoms with Crippen LogP contribution in [0, 0.1) is 16.7 Å². The summed E-state index contributed by atoms with van der Waals surface area (Å²) in [6.45, 7) is 0. The number of nitrogens with zero attached hydrogens (tertiary/aromatic N) is 1. The fraction of sp³-hybridized carbons (Fsp3) is 0.200. The van der Waals surface area contributed by atoms with Gasteiger partial charge in [0.1, 0.15) is 11.8 Å². The Hall–Kier alpha value is -1.94. The first-order valence-electron chi connectivity index (χ1n) is 6.30. The van der Waals surface area contributed by atoms with Crippen molar-refractivity contribution in [3.05, 3.63) is 53.0 Å². The average molecular weight is 337 g/mol. The second-order valence-corrected chi connectivity index (χ2v) is 7.25. The summed E-state index contributed by atoms with van der Waals surface area (Å²) in [6, 6.07) is 9.48. The number of sulfone groups is 1. The third kappa shape index (κ3) is 2.97. The number of nitriles is 1. The van der Waals surface area contributed by atoms with Crippen LogP contribution in [-0.2, 0) is 14.6 Å². The quantitative estimate of drug-likeness (QED) is 0.676. The Morgan fingerprint density at radius 1 is 1.41 bits per heavy atom. The minimum Gasteiger partial charge on any atom is -0.359 e. The number of alkyl halides is 1. The van der Waals surface area contributed by atoms with Gasteiger partial charge in [-0.15, -0.1) is 0 Å². The van der Waals surface area contributed by atoms with Gasteiger partial charge >= 0.3 is 0 Å². The van der Waals surface area contributed by atoms with Gasteiger partial charge in [0.15, 0.2) is 5.06 Å². The minimum atomic E-state index is -3.88. The van der Waals surface area contributed by atoms with E-state index in [9.17, 15) is 8.42 Å². The van der Waals surface area contributed by atoms with Crippen LogP contribution in [0.25, 0.3) is 0 Å². The first-order valence-corrected chi connectivity index (χ1v) is 8.16. The van der Waals surface area contributed by atoms with Crippen molar-refractivity contribution in [3.8, 4) is 6.07 Å². The van der Waals surface area contributed by atoms with E-state index < -0.39 is 20.6 Å². The molecule has 1 aliphatic rings. The van der Waals surface area contributed by atoms with E-state index in [1.807, 2.05) is 0 Å². The molecule has 0 aromatic heterocycles. The van der Waals surface area contributed by atoms with E-state index >= 15 is 0 Å². The molecule has 114 valence electrons. The van der Waals surface area contributed by atoms with Crippen molar-refractivity contribution in [2.45, 2.75) is 16.4 Å². The number of benzene rings is 1. The molecule has 1 atom stereocenters. The fourth-order valence-corrected chi connectivity index (χ4v) is 4.02. The molecule has 0 heterocycles. The number of rotatable bonds is 4. The summed E-state index contributed by atoms with van der Waals surface area (Å²) < 4.78 is 30.7. The van der Waals surface area contributed by atoms with E-state index in [4.69, 9.17) is 27.0 Å². The van der Waals surface area contributed by atoms with Crippen LogP contribution in [0.3, 0.4) is 0 Å². The van der Waals surface area contributed by atoms with Crippen molar-refractivity contribution in [2.75, 3.05) is 7.11 Å². The predicted molar refractivity (Wildman–Crippen MR) is 83.3 cm³/mol. The van der Waals surface area contributed by atoms with Crippen LogP contribution in [0.5, 0.6) is 0 Å². The second kappa shape index (κ2) is 6.05. The molecule has 0 amide bonds. The van der Waals surface area contributed by atoms with Gasteiger partial charge in [0, 0.05) is 19.1 Å². The highest BCUT2D eigenvalue weighted by molar-refractivity contribution is 7.95. The minimum absolute atomic E-state index is 0.0414. The zero-order chi connectivity index (χ0) is 16.4. The van der Waals surface area contributed by atoms with Crippen molar-refractivity contribution in [1.82, 2.24) is 0 Å². The fourth-order valence-electron chi connectivity index (χ4n) is 2.08. The largest absolute Gasteiger partial charge is 0.359 e. The SMILES string of the molecule is COC1(Cl)C=CC(C(=N)C#N)=C(S(=O)(=O)c2ccccc2)C1.